The van der Waals surface area contributed by atoms with E-state index < -0.39 is 12.1 Å². The first-order valence-electron chi connectivity index (χ1n) is 12.4. The quantitative estimate of drug-likeness (QED) is 0.429. The van der Waals surface area contributed by atoms with E-state index in [1.165, 1.54) is 16.8 Å². The molecule has 13 heteroatoms. The minimum absolute atomic E-state index is 0.157. The van der Waals surface area contributed by atoms with Crippen molar-refractivity contribution < 1.29 is 23.1 Å². The van der Waals surface area contributed by atoms with Gasteiger partial charge in [-0.15, -0.1) is 5.10 Å². The van der Waals surface area contributed by atoms with Crippen molar-refractivity contribution >= 4 is 41.4 Å². The minimum atomic E-state index is -5.08. The van der Waals surface area contributed by atoms with Crippen LogP contribution in [0.15, 0.2) is 53.5 Å². The largest absolute Gasteiger partial charge is 0.490 e. The van der Waals surface area contributed by atoms with Crippen LogP contribution in [0.2, 0.25) is 5.02 Å². The molecule has 0 bridgehead atoms. The zero-order valence-electron chi connectivity index (χ0n) is 21.1. The lowest BCUT2D eigenvalue weighted by atomic mass is 9.82. The van der Waals surface area contributed by atoms with Crippen molar-refractivity contribution in [2.75, 3.05) is 35.7 Å². The van der Waals surface area contributed by atoms with Crippen LogP contribution >= 0.6 is 11.6 Å². The van der Waals surface area contributed by atoms with Crippen molar-refractivity contribution in [2.24, 2.45) is 10.9 Å². The second-order valence-corrected chi connectivity index (χ2v) is 9.92. The number of carboxylic acid groups (broad SMARTS) is 1. The molecule has 4 N–H and O–H groups in total. The number of hydrogen-bond donors (Lipinski definition) is 3. The number of nitrogens with one attached hydrogen (secondary N) is 1. The Kier molecular flexibility index (Phi) is 8.63. The topological polar surface area (TPSA) is 124 Å². The number of hydrogen-bond acceptors (Lipinski definition) is 7. The number of fused-ring (bicyclic) bond motifs is 1. The molecule has 1 unspecified atom stereocenters. The average Bonchev–Trinajstić information content (AvgIpc) is 3.29. The van der Waals surface area contributed by atoms with Gasteiger partial charge in [-0.05, 0) is 48.9 Å². The molecule has 0 aliphatic carbocycles. The summed E-state index contributed by atoms with van der Waals surface area (Å²) in [5.74, 6) is -1.20. The second kappa shape index (κ2) is 11.9. The van der Waals surface area contributed by atoms with Gasteiger partial charge in [0.1, 0.15) is 0 Å². The lowest BCUT2D eigenvalue weighted by Crippen LogP contribution is -2.50. The van der Waals surface area contributed by atoms with Crippen molar-refractivity contribution in [2.45, 2.75) is 37.5 Å². The Morgan fingerprint density at radius 1 is 1.15 bits per heavy atom. The monoisotopic (exact) mass is 563 g/mol. The number of nitrogen functional groups attached to an aromatic ring is 1. The van der Waals surface area contributed by atoms with E-state index in [-0.39, 0.29) is 6.04 Å². The lowest BCUT2D eigenvalue weighted by molar-refractivity contribution is -0.192. The fraction of sp³-hybridized carbons (Fsp3) is 0.385. The minimum Gasteiger partial charge on any atom is -0.475 e. The van der Waals surface area contributed by atoms with Crippen LogP contribution in [-0.2, 0) is 11.2 Å². The zero-order valence-corrected chi connectivity index (χ0v) is 21.9. The van der Waals surface area contributed by atoms with Crippen LogP contribution in [0, 0.1) is 5.92 Å². The lowest BCUT2D eigenvalue weighted by Gasteiger charge is -2.42. The van der Waals surface area contributed by atoms with Gasteiger partial charge in [0.15, 0.2) is 0 Å². The van der Waals surface area contributed by atoms with Crippen molar-refractivity contribution in [1.82, 2.24) is 15.2 Å². The molecule has 0 radical (unpaired) electrons. The van der Waals surface area contributed by atoms with Gasteiger partial charge in [0.25, 0.3) is 0 Å². The standard InChI is InChI=1S/C24H28ClN7.C2HF3O2/c1-31-21-5-3-2-4-18(21)15-27-20(14-16-6-8-19(25)9-7-16)22(31)17-10-12-32(13-11-17)24-28-23(26)29-30-24;3-2(4,5)1(6)7/h2-9,15,17,20,22H,10-14H2,1H3,(H3,26,28,29,30);(H,6,7)/t20?,22-;/m0./s1. The molecule has 5 rings (SSSR count). The average molecular weight is 564 g/mol. The summed E-state index contributed by atoms with van der Waals surface area (Å²) in [6, 6.07) is 17.1. The van der Waals surface area contributed by atoms with E-state index in [0.29, 0.717) is 23.9 Å². The molecule has 3 aromatic rings. The molecule has 39 heavy (non-hydrogen) atoms. The smallest absolute Gasteiger partial charge is 0.475 e. The van der Waals surface area contributed by atoms with Crippen LogP contribution in [0.4, 0.5) is 30.8 Å². The number of nitrogens with two attached hydrogens (primary N) is 1. The SMILES string of the molecule is CN1c2ccccc2C=NC(Cc2ccc(Cl)cc2)[C@@H]1C1CCN(c2n[nH]c(N)n2)CC1.O=C(O)C(F)(F)F. The molecular weight excluding hydrogens is 535 g/mol. The second-order valence-electron chi connectivity index (χ2n) is 9.48. The number of benzene rings is 2. The molecule has 1 saturated heterocycles. The summed E-state index contributed by atoms with van der Waals surface area (Å²) in [7, 11) is 2.22. The van der Waals surface area contributed by atoms with Gasteiger partial charge in [0, 0.05) is 42.6 Å². The Bertz CT molecular complexity index is 1290. The summed E-state index contributed by atoms with van der Waals surface area (Å²) < 4.78 is 31.7. The number of anilines is 3. The maximum absolute atomic E-state index is 10.6. The first kappa shape index (κ1) is 28.2. The highest BCUT2D eigenvalue weighted by atomic mass is 35.5. The molecule has 1 aromatic heterocycles. The molecule has 208 valence electrons. The number of rotatable bonds is 4. The summed E-state index contributed by atoms with van der Waals surface area (Å²) in [5.41, 5.74) is 9.40. The van der Waals surface area contributed by atoms with Crippen LogP contribution in [0.25, 0.3) is 0 Å². The molecule has 0 saturated carbocycles. The number of para-hydroxylation sites is 1. The number of carbonyl (C=O) groups is 1. The number of nitrogens with zero attached hydrogens (tertiary/aromatic N) is 5. The number of halogens is 4. The highest BCUT2D eigenvalue weighted by Crippen LogP contribution is 2.35. The number of aliphatic imine (C=N–C) groups is 1. The number of carboxylic acids is 1. The van der Waals surface area contributed by atoms with Gasteiger partial charge in [0.2, 0.25) is 11.9 Å². The fourth-order valence-electron chi connectivity index (χ4n) is 5.11. The van der Waals surface area contributed by atoms with Crippen LogP contribution < -0.4 is 15.5 Å². The molecule has 2 aliphatic rings. The predicted molar refractivity (Wildman–Crippen MR) is 145 cm³/mol. The highest BCUT2D eigenvalue weighted by Gasteiger charge is 2.38. The van der Waals surface area contributed by atoms with Crippen molar-refractivity contribution in [3.8, 4) is 0 Å². The maximum atomic E-state index is 10.6. The maximum Gasteiger partial charge on any atom is 0.490 e. The number of alkyl halides is 3. The third-order valence-corrected chi connectivity index (χ3v) is 7.21. The van der Waals surface area contributed by atoms with E-state index >= 15 is 0 Å². The van der Waals surface area contributed by atoms with E-state index in [1.807, 2.05) is 12.1 Å². The van der Waals surface area contributed by atoms with Crippen LogP contribution in [-0.4, -0.2) is 70.9 Å². The highest BCUT2D eigenvalue weighted by molar-refractivity contribution is 6.30. The molecule has 2 atom stereocenters. The number of benzodiazepines with no additional fused rings is 1. The number of aromatic amines is 1. The van der Waals surface area contributed by atoms with Gasteiger partial charge in [-0.2, -0.15) is 18.2 Å². The van der Waals surface area contributed by atoms with Gasteiger partial charge in [-0.3, -0.25) is 4.99 Å². The molecule has 0 spiro atoms. The third kappa shape index (κ3) is 6.99. The Morgan fingerprint density at radius 3 is 2.38 bits per heavy atom. The third-order valence-electron chi connectivity index (χ3n) is 6.96. The Morgan fingerprint density at radius 2 is 1.79 bits per heavy atom. The Balaban J connectivity index is 0.000000448. The Labute approximate surface area is 228 Å². The Hall–Kier alpha value is -3.80. The summed E-state index contributed by atoms with van der Waals surface area (Å²) in [6.07, 6.45) is -0.0389. The molecule has 2 aromatic carbocycles. The van der Waals surface area contributed by atoms with Crippen molar-refractivity contribution in [1.29, 1.82) is 0 Å². The van der Waals surface area contributed by atoms with Crippen molar-refractivity contribution in [3.63, 3.8) is 0 Å². The first-order chi connectivity index (χ1) is 18.5. The molecule has 9 nitrogen and oxygen atoms in total. The number of aromatic nitrogens is 3. The van der Waals surface area contributed by atoms with E-state index in [2.05, 4.69) is 74.6 Å². The predicted octanol–water partition coefficient (Wildman–Crippen LogP) is 4.44. The van der Waals surface area contributed by atoms with Gasteiger partial charge < -0.3 is 20.6 Å². The molecular formula is C26H29ClF3N7O2. The van der Waals surface area contributed by atoms with Gasteiger partial charge in [-0.1, -0.05) is 41.9 Å². The number of H-pyrrole nitrogens is 1. The summed E-state index contributed by atoms with van der Waals surface area (Å²) in [5, 5.41) is 14.9. The summed E-state index contributed by atoms with van der Waals surface area (Å²) in [6.45, 7) is 1.82. The van der Waals surface area contributed by atoms with Gasteiger partial charge in [-0.25, -0.2) is 9.89 Å². The van der Waals surface area contributed by atoms with E-state index in [4.69, 9.17) is 32.2 Å². The van der Waals surface area contributed by atoms with E-state index in [0.717, 1.165) is 37.4 Å². The zero-order chi connectivity index (χ0) is 28.2. The number of piperidine rings is 1. The molecule has 2 aliphatic heterocycles. The van der Waals surface area contributed by atoms with Crippen molar-refractivity contribution in [3.05, 3.63) is 64.7 Å². The summed E-state index contributed by atoms with van der Waals surface area (Å²) in [4.78, 5) is 23.0. The number of aliphatic carboxylic acids is 1. The van der Waals surface area contributed by atoms with E-state index in [9.17, 15) is 13.2 Å². The van der Waals surface area contributed by atoms with Gasteiger partial charge in [0.05, 0.1) is 12.1 Å². The van der Waals surface area contributed by atoms with Crippen LogP contribution in [0.5, 0.6) is 0 Å². The van der Waals surface area contributed by atoms with Gasteiger partial charge >= 0.3 is 12.1 Å². The fourth-order valence-corrected chi connectivity index (χ4v) is 5.24. The van der Waals surface area contributed by atoms with E-state index in [1.54, 1.807) is 0 Å². The molecule has 3 heterocycles. The number of likely N-dealkylation sites (N-methyl/N-ethyl adjacent to an activating group) is 1. The normalized spacial score (nSPS) is 19.6. The van der Waals surface area contributed by atoms with Crippen LogP contribution in [0.1, 0.15) is 24.0 Å². The first-order valence-corrected chi connectivity index (χ1v) is 12.7. The summed E-state index contributed by atoms with van der Waals surface area (Å²) >= 11 is 6.12. The molecule has 0 amide bonds. The van der Waals surface area contributed by atoms with Crippen LogP contribution in [0.3, 0.4) is 0 Å². The molecule has 1 fully saturated rings.